The highest BCUT2D eigenvalue weighted by molar-refractivity contribution is 8.03. The van der Waals surface area contributed by atoms with E-state index >= 15 is 0 Å². The lowest BCUT2D eigenvalue weighted by molar-refractivity contribution is -0.117. The van der Waals surface area contributed by atoms with Crippen LogP contribution in [0.1, 0.15) is 26.7 Å². The number of Topliss-reactive ketones (excluding diaryl/α,β-unsaturated/α-hetero) is 1. The molecule has 3 rings (SSSR count). The minimum atomic E-state index is 0.0718. The standard InChI is InChI=1S/C18H19ClO2S/c1-18(2)9-15(20)17-12(7-8-22-16(17)10-18)11-21-14-5-3-13(19)4-6-14/h3-7H,8-11H2,1-2H3. The quantitative estimate of drug-likeness (QED) is 0.775. The smallest absolute Gasteiger partial charge is 0.164 e. The zero-order valence-electron chi connectivity index (χ0n) is 12.8. The van der Waals surface area contributed by atoms with Crippen molar-refractivity contribution in [3.8, 4) is 5.75 Å². The van der Waals surface area contributed by atoms with E-state index in [0.717, 1.165) is 29.1 Å². The molecule has 0 saturated carbocycles. The molecular weight excluding hydrogens is 316 g/mol. The molecule has 0 radical (unpaired) electrons. The fourth-order valence-corrected chi connectivity index (χ4v) is 4.41. The first-order valence-corrected chi connectivity index (χ1v) is 8.78. The Balaban J connectivity index is 1.76. The maximum atomic E-state index is 12.5. The Morgan fingerprint density at radius 2 is 1.95 bits per heavy atom. The van der Waals surface area contributed by atoms with E-state index in [1.54, 1.807) is 23.9 Å². The number of halogens is 1. The van der Waals surface area contributed by atoms with Gasteiger partial charge in [-0.3, -0.25) is 4.79 Å². The van der Waals surface area contributed by atoms with Gasteiger partial charge in [-0.05, 0) is 46.6 Å². The van der Waals surface area contributed by atoms with E-state index in [2.05, 4.69) is 19.9 Å². The summed E-state index contributed by atoms with van der Waals surface area (Å²) in [7, 11) is 0. The van der Waals surface area contributed by atoms with E-state index in [1.807, 2.05) is 12.1 Å². The lowest BCUT2D eigenvalue weighted by Gasteiger charge is -2.34. The summed E-state index contributed by atoms with van der Waals surface area (Å²) in [6.07, 6.45) is 3.72. The third-order valence-corrected chi connectivity index (χ3v) is 5.23. The number of hydrogen-bond donors (Lipinski definition) is 0. The van der Waals surface area contributed by atoms with Crippen molar-refractivity contribution in [1.29, 1.82) is 0 Å². The molecule has 22 heavy (non-hydrogen) atoms. The molecule has 0 spiro atoms. The van der Waals surface area contributed by atoms with E-state index < -0.39 is 0 Å². The first kappa shape index (κ1) is 15.7. The van der Waals surface area contributed by atoms with Crippen LogP contribution in [0.5, 0.6) is 5.75 Å². The van der Waals surface area contributed by atoms with Gasteiger partial charge in [0.15, 0.2) is 5.78 Å². The van der Waals surface area contributed by atoms with Crippen LogP contribution in [0.25, 0.3) is 0 Å². The van der Waals surface area contributed by atoms with Gasteiger partial charge >= 0.3 is 0 Å². The summed E-state index contributed by atoms with van der Waals surface area (Å²) in [5.74, 6) is 1.94. The summed E-state index contributed by atoms with van der Waals surface area (Å²) in [4.78, 5) is 13.8. The Hall–Kier alpha value is -1.19. The molecular formula is C18H19ClO2S. The SMILES string of the molecule is CC1(C)CC(=O)C2=C(C1)SCC=C2COc1ccc(Cl)cc1. The summed E-state index contributed by atoms with van der Waals surface area (Å²) in [6.45, 7) is 4.77. The number of rotatable bonds is 3. The zero-order valence-corrected chi connectivity index (χ0v) is 14.4. The van der Waals surface area contributed by atoms with Crippen LogP contribution >= 0.6 is 23.4 Å². The second-order valence-corrected chi connectivity index (χ2v) is 8.07. The lowest BCUT2D eigenvalue weighted by Crippen LogP contribution is -2.28. The maximum Gasteiger partial charge on any atom is 0.164 e. The van der Waals surface area contributed by atoms with Crippen LogP contribution in [-0.4, -0.2) is 18.1 Å². The van der Waals surface area contributed by atoms with Crippen LogP contribution in [0, 0.1) is 5.41 Å². The van der Waals surface area contributed by atoms with Crippen molar-refractivity contribution in [2.24, 2.45) is 5.41 Å². The van der Waals surface area contributed by atoms with Gasteiger partial charge in [-0.2, -0.15) is 0 Å². The molecule has 1 aliphatic heterocycles. The van der Waals surface area contributed by atoms with E-state index in [-0.39, 0.29) is 11.2 Å². The zero-order chi connectivity index (χ0) is 15.7. The van der Waals surface area contributed by atoms with Crippen LogP contribution in [-0.2, 0) is 4.79 Å². The van der Waals surface area contributed by atoms with Gasteiger partial charge in [0.25, 0.3) is 0 Å². The van der Waals surface area contributed by atoms with Gasteiger partial charge in [-0.25, -0.2) is 0 Å². The molecule has 0 fully saturated rings. The van der Waals surface area contributed by atoms with E-state index in [0.29, 0.717) is 18.1 Å². The van der Waals surface area contributed by atoms with Crippen LogP contribution in [0.2, 0.25) is 5.02 Å². The number of thioether (sulfide) groups is 1. The number of benzene rings is 1. The largest absolute Gasteiger partial charge is 0.489 e. The summed E-state index contributed by atoms with van der Waals surface area (Å²) in [6, 6.07) is 7.31. The van der Waals surface area contributed by atoms with Crippen molar-refractivity contribution < 1.29 is 9.53 Å². The van der Waals surface area contributed by atoms with Crippen molar-refractivity contribution in [3.63, 3.8) is 0 Å². The van der Waals surface area contributed by atoms with Gasteiger partial charge < -0.3 is 4.74 Å². The van der Waals surface area contributed by atoms with E-state index in [4.69, 9.17) is 16.3 Å². The predicted octanol–water partition coefficient (Wildman–Crippen LogP) is 5.04. The molecule has 2 nitrogen and oxygen atoms in total. The van der Waals surface area contributed by atoms with Crippen molar-refractivity contribution in [1.82, 2.24) is 0 Å². The van der Waals surface area contributed by atoms with Crippen molar-refractivity contribution in [2.45, 2.75) is 26.7 Å². The number of ketones is 1. The van der Waals surface area contributed by atoms with Crippen molar-refractivity contribution in [2.75, 3.05) is 12.4 Å². The van der Waals surface area contributed by atoms with Crippen LogP contribution < -0.4 is 4.74 Å². The molecule has 0 atom stereocenters. The summed E-state index contributed by atoms with van der Waals surface area (Å²) in [5, 5.41) is 0.690. The van der Waals surface area contributed by atoms with Crippen molar-refractivity contribution in [3.05, 3.63) is 51.4 Å². The number of carbonyl (C=O) groups excluding carboxylic acids is 1. The highest BCUT2D eigenvalue weighted by atomic mass is 35.5. The van der Waals surface area contributed by atoms with E-state index in [1.165, 1.54) is 4.91 Å². The Bertz CT molecular complexity index is 656. The number of ether oxygens (including phenoxy) is 1. The second-order valence-electron chi connectivity index (χ2n) is 6.52. The number of hydrogen-bond acceptors (Lipinski definition) is 3. The third kappa shape index (κ3) is 3.41. The highest BCUT2D eigenvalue weighted by Crippen LogP contribution is 2.45. The minimum absolute atomic E-state index is 0.0718. The average molecular weight is 335 g/mol. The summed E-state index contributed by atoms with van der Waals surface area (Å²) < 4.78 is 5.83. The predicted molar refractivity (Wildman–Crippen MR) is 92.5 cm³/mol. The highest BCUT2D eigenvalue weighted by Gasteiger charge is 2.35. The van der Waals surface area contributed by atoms with Gasteiger partial charge in [0.2, 0.25) is 0 Å². The lowest BCUT2D eigenvalue weighted by atomic mass is 9.76. The van der Waals surface area contributed by atoms with Gasteiger partial charge in [0.1, 0.15) is 12.4 Å². The molecule has 2 aliphatic rings. The molecule has 116 valence electrons. The molecule has 0 amide bonds. The molecule has 0 unspecified atom stereocenters. The maximum absolute atomic E-state index is 12.5. The minimum Gasteiger partial charge on any atom is -0.489 e. The third-order valence-electron chi connectivity index (χ3n) is 3.95. The molecule has 1 aliphatic carbocycles. The normalized spacial score (nSPS) is 20.5. The topological polar surface area (TPSA) is 26.3 Å². The Kier molecular flexibility index (Phi) is 4.37. The number of allylic oxidation sites excluding steroid dienone is 1. The molecule has 1 aromatic carbocycles. The monoisotopic (exact) mass is 334 g/mol. The Morgan fingerprint density at radius 3 is 2.68 bits per heavy atom. The first-order valence-electron chi connectivity index (χ1n) is 7.41. The van der Waals surface area contributed by atoms with Gasteiger partial charge in [-0.15, -0.1) is 11.8 Å². The van der Waals surface area contributed by atoms with Gasteiger partial charge in [0.05, 0.1) is 0 Å². The molecule has 0 bridgehead atoms. The first-order chi connectivity index (χ1) is 10.4. The van der Waals surface area contributed by atoms with Crippen LogP contribution in [0.3, 0.4) is 0 Å². The molecule has 0 N–H and O–H groups in total. The van der Waals surface area contributed by atoms with Crippen molar-refractivity contribution >= 4 is 29.1 Å². The Labute approximate surface area is 140 Å². The summed E-state index contributed by atoms with van der Waals surface area (Å²) in [5.41, 5.74) is 2.01. The van der Waals surface area contributed by atoms with Gasteiger partial charge in [0, 0.05) is 22.8 Å². The molecule has 4 heteroatoms. The van der Waals surface area contributed by atoms with E-state index in [9.17, 15) is 4.79 Å². The van der Waals surface area contributed by atoms with Gasteiger partial charge in [-0.1, -0.05) is 31.5 Å². The average Bonchev–Trinajstić information content (AvgIpc) is 2.45. The molecule has 0 saturated heterocycles. The number of carbonyl (C=O) groups is 1. The van der Waals surface area contributed by atoms with Crippen LogP contribution in [0.4, 0.5) is 0 Å². The Morgan fingerprint density at radius 1 is 1.23 bits per heavy atom. The van der Waals surface area contributed by atoms with Crippen LogP contribution in [0.15, 0.2) is 46.4 Å². The molecule has 1 aromatic rings. The molecule has 1 heterocycles. The summed E-state index contributed by atoms with van der Waals surface area (Å²) >= 11 is 7.67. The fourth-order valence-electron chi connectivity index (χ4n) is 2.91. The molecule has 0 aromatic heterocycles. The fraction of sp³-hybridized carbons (Fsp3) is 0.389. The second kappa shape index (κ2) is 6.13.